The second-order valence-electron chi connectivity index (χ2n) is 2.94. The van der Waals surface area contributed by atoms with E-state index in [0.717, 1.165) is 24.1 Å². The molecule has 0 amide bonds. The molecule has 0 saturated heterocycles. The molecule has 0 saturated carbocycles. The van der Waals surface area contributed by atoms with Crippen LogP contribution in [-0.2, 0) is 6.42 Å². The first-order chi connectivity index (χ1) is 5.81. The van der Waals surface area contributed by atoms with Gasteiger partial charge < -0.3 is 9.84 Å². The van der Waals surface area contributed by atoms with Crippen LogP contribution in [0.4, 0.5) is 0 Å². The Kier molecular flexibility index (Phi) is 1.73. The lowest BCUT2D eigenvalue weighted by Gasteiger charge is -2.03. The Morgan fingerprint density at radius 1 is 1.58 bits per heavy atom. The van der Waals surface area contributed by atoms with Gasteiger partial charge in [0.2, 0.25) is 5.88 Å². The van der Waals surface area contributed by atoms with Gasteiger partial charge in [-0.1, -0.05) is 0 Å². The van der Waals surface area contributed by atoms with Crippen LogP contribution in [0.1, 0.15) is 23.8 Å². The number of aryl methyl sites for hydroxylation is 1. The number of fused-ring (bicyclic) bond motifs is 1. The van der Waals surface area contributed by atoms with Crippen molar-refractivity contribution in [3.63, 3.8) is 0 Å². The van der Waals surface area contributed by atoms with Gasteiger partial charge in [-0.15, -0.1) is 0 Å². The second kappa shape index (κ2) is 2.75. The van der Waals surface area contributed by atoms with Gasteiger partial charge in [0.05, 0.1) is 18.9 Å². The number of aliphatic hydroxyl groups excluding tert-OH is 1. The van der Waals surface area contributed by atoms with E-state index in [-0.39, 0.29) is 6.10 Å². The minimum Gasteiger partial charge on any atom is -0.481 e. The summed E-state index contributed by atoms with van der Waals surface area (Å²) >= 11 is 0. The molecule has 0 radical (unpaired) electrons. The summed E-state index contributed by atoms with van der Waals surface area (Å²) in [7, 11) is 1.60. The zero-order valence-corrected chi connectivity index (χ0v) is 6.95. The van der Waals surface area contributed by atoms with E-state index in [4.69, 9.17) is 4.74 Å². The second-order valence-corrected chi connectivity index (χ2v) is 2.94. The average molecular weight is 165 g/mol. The highest BCUT2D eigenvalue weighted by Gasteiger charge is 2.21. The Hall–Kier alpha value is -1.09. The van der Waals surface area contributed by atoms with Crippen molar-refractivity contribution in [2.75, 3.05) is 7.11 Å². The van der Waals surface area contributed by atoms with Gasteiger partial charge in [0.15, 0.2) is 0 Å². The Morgan fingerprint density at radius 3 is 3.17 bits per heavy atom. The van der Waals surface area contributed by atoms with E-state index in [1.807, 2.05) is 6.07 Å². The summed E-state index contributed by atoms with van der Waals surface area (Å²) in [6.07, 6.45) is 1.32. The summed E-state index contributed by atoms with van der Waals surface area (Å²) < 4.78 is 4.98. The molecule has 1 aromatic rings. The summed E-state index contributed by atoms with van der Waals surface area (Å²) in [5.41, 5.74) is 1.93. The Morgan fingerprint density at radius 2 is 2.42 bits per heavy atom. The van der Waals surface area contributed by atoms with Crippen molar-refractivity contribution < 1.29 is 9.84 Å². The molecule has 3 heteroatoms. The topological polar surface area (TPSA) is 42.4 Å². The van der Waals surface area contributed by atoms with Crippen LogP contribution in [0.2, 0.25) is 0 Å². The summed E-state index contributed by atoms with van der Waals surface area (Å²) in [4.78, 5) is 4.24. The molecule has 2 rings (SSSR count). The number of hydrogen-bond donors (Lipinski definition) is 1. The molecule has 1 unspecified atom stereocenters. The monoisotopic (exact) mass is 165 g/mol. The Bertz CT molecular complexity index is 299. The molecule has 0 aromatic carbocycles. The fraction of sp³-hybridized carbons (Fsp3) is 0.444. The molecule has 0 aliphatic heterocycles. The SMILES string of the molecule is COc1ccc2c(n1)CCC2O. The highest BCUT2D eigenvalue weighted by Crippen LogP contribution is 2.30. The molecule has 1 heterocycles. The first kappa shape index (κ1) is 7.55. The Labute approximate surface area is 71.0 Å². The standard InChI is InChI=1S/C9H11NO2/c1-12-9-5-2-6-7(10-9)3-4-8(6)11/h2,5,8,11H,3-4H2,1H3. The zero-order valence-electron chi connectivity index (χ0n) is 6.95. The zero-order chi connectivity index (χ0) is 8.55. The molecular formula is C9H11NO2. The van der Waals surface area contributed by atoms with E-state index in [9.17, 15) is 5.11 Å². The fourth-order valence-corrected chi connectivity index (χ4v) is 1.54. The lowest BCUT2D eigenvalue weighted by Crippen LogP contribution is -1.94. The van der Waals surface area contributed by atoms with Crippen molar-refractivity contribution in [2.45, 2.75) is 18.9 Å². The maximum Gasteiger partial charge on any atom is 0.213 e. The van der Waals surface area contributed by atoms with Gasteiger partial charge in [-0.25, -0.2) is 4.98 Å². The van der Waals surface area contributed by atoms with Crippen molar-refractivity contribution in [1.82, 2.24) is 4.98 Å². The van der Waals surface area contributed by atoms with Crippen molar-refractivity contribution >= 4 is 0 Å². The quantitative estimate of drug-likeness (QED) is 0.676. The van der Waals surface area contributed by atoms with Crippen LogP contribution < -0.4 is 4.74 Å². The maximum atomic E-state index is 9.46. The minimum atomic E-state index is -0.321. The summed E-state index contributed by atoms with van der Waals surface area (Å²) in [5, 5.41) is 9.46. The lowest BCUT2D eigenvalue weighted by molar-refractivity contribution is 0.180. The molecule has 3 nitrogen and oxygen atoms in total. The predicted molar refractivity (Wildman–Crippen MR) is 44.1 cm³/mol. The summed E-state index contributed by atoms with van der Waals surface area (Å²) in [6.45, 7) is 0. The van der Waals surface area contributed by atoms with Crippen LogP contribution >= 0.6 is 0 Å². The van der Waals surface area contributed by atoms with Crippen molar-refractivity contribution in [1.29, 1.82) is 0 Å². The molecule has 64 valence electrons. The van der Waals surface area contributed by atoms with Crippen LogP contribution in [0.3, 0.4) is 0 Å². The summed E-state index contributed by atoms with van der Waals surface area (Å²) in [6, 6.07) is 3.67. The molecule has 0 spiro atoms. The van der Waals surface area contributed by atoms with E-state index in [1.165, 1.54) is 0 Å². The van der Waals surface area contributed by atoms with E-state index in [2.05, 4.69) is 4.98 Å². The number of methoxy groups -OCH3 is 1. The van der Waals surface area contributed by atoms with E-state index >= 15 is 0 Å². The number of pyridine rings is 1. The van der Waals surface area contributed by atoms with Gasteiger partial charge in [-0.2, -0.15) is 0 Å². The largest absolute Gasteiger partial charge is 0.481 e. The third-order valence-electron chi connectivity index (χ3n) is 2.21. The molecule has 1 aliphatic carbocycles. The molecule has 1 N–H and O–H groups in total. The van der Waals surface area contributed by atoms with E-state index < -0.39 is 0 Å². The van der Waals surface area contributed by atoms with Crippen LogP contribution in [0, 0.1) is 0 Å². The molecule has 0 fully saturated rings. The predicted octanol–water partition coefficient (Wildman–Crippen LogP) is 1.07. The number of ether oxygens (including phenoxy) is 1. The van der Waals surface area contributed by atoms with Crippen molar-refractivity contribution in [3.05, 3.63) is 23.4 Å². The number of nitrogens with zero attached hydrogens (tertiary/aromatic N) is 1. The highest BCUT2D eigenvalue weighted by atomic mass is 16.5. The molecule has 1 aromatic heterocycles. The minimum absolute atomic E-state index is 0.321. The van der Waals surface area contributed by atoms with E-state index in [0.29, 0.717) is 5.88 Å². The average Bonchev–Trinajstić information content (AvgIpc) is 2.47. The van der Waals surface area contributed by atoms with Gasteiger partial charge >= 0.3 is 0 Å². The van der Waals surface area contributed by atoms with Crippen LogP contribution in [0.25, 0.3) is 0 Å². The van der Waals surface area contributed by atoms with Crippen LogP contribution in [0.5, 0.6) is 5.88 Å². The van der Waals surface area contributed by atoms with E-state index in [1.54, 1.807) is 13.2 Å². The number of hydrogen-bond acceptors (Lipinski definition) is 3. The van der Waals surface area contributed by atoms with Gasteiger partial charge in [-0.05, 0) is 18.9 Å². The number of aliphatic hydroxyl groups is 1. The lowest BCUT2D eigenvalue weighted by atomic mass is 10.2. The first-order valence-electron chi connectivity index (χ1n) is 4.03. The van der Waals surface area contributed by atoms with Gasteiger partial charge in [0, 0.05) is 11.6 Å². The highest BCUT2D eigenvalue weighted by molar-refractivity contribution is 5.31. The van der Waals surface area contributed by atoms with Crippen molar-refractivity contribution in [2.24, 2.45) is 0 Å². The first-order valence-corrected chi connectivity index (χ1v) is 4.03. The van der Waals surface area contributed by atoms with Gasteiger partial charge in [0.25, 0.3) is 0 Å². The molecule has 0 bridgehead atoms. The fourth-order valence-electron chi connectivity index (χ4n) is 1.54. The smallest absolute Gasteiger partial charge is 0.213 e. The van der Waals surface area contributed by atoms with Crippen LogP contribution in [-0.4, -0.2) is 17.2 Å². The molecule has 12 heavy (non-hydrogen) atoms. The third-order valence-corrected chi connectivity index (χ3v) is 2.21. The van der Waals surface area contributed by atoms with Crippen LogP contribution in [0.15, 0.2) is 12.1 Å². The Balaban J connectivity index is 2.41. The number of rotatable bonds is 1. The molecule has 1 atom stereocenters. The maximum absolute atomic E-state index is 9.46. The van der Waals surface area contributed by atoms with Gasteiger partial charge in [0.1, 0.15) is 0 Å². The molecule has 1 aliphatic rings. The van der Waals surface area contributed by atoms with Crippen molar-refractivity contribution in [3.8, 4) is 5.88 Å². The van der Waals surface area contributed by atoms with Gasteiger partial charge in [-0.3, -0.25) is 0 Å². The normalized spacial score (nSPS) is 20.7. The number of aromatic nitrogens is 1. The third kappa shape index (κ3) is 1.06. The molecular weight excluding hydrogens is 154 g/mol. The summed E-state index contributed by atoms with van der Waals surface area (Å²) in [5.74, 6) is 0.628.